The van der Waals surface area contributed by atoms with Gasteiger partial charge in [-0.25, -0.2) is 9.18 Å². The van der Waals surface area contributed by atoms with Gasteiger partial charge in [-0.2, -0.15) is 52.7 Å². The van der Waals surface area contributed by atoms with E-state index in [1.165, 1.54) is 54.1 Å². The third kappa shape index (κ3) is 9.18. The summed E-state index contributed by atoms with van der Waals surface area (Å²) in [6, 6.07) is 31.1. The van der Waals surface area contributed by atoms with Gasteiger partial charge in [0, 0.05) is 0 Å². The highest BCUT2D eigenvalue weighted by Gasteiger charge is 2.91. The Hall–Kier alpha value is -3.35. The maximum absolute atomic E-state index is 13.3. The quantitative estimate of drug-likeness (QED) is 0.0844. The van der Waals surface area contributed by atoms with Gasteiger partial charge in [0.2, 0.25) is 0 Å². The molecule has 51 heavy (non-hydrogen) atoms. The Labute approximate surface area is 287 Å². The van der Waals surface area contributed by atoms with E-state index in [2.05, 4.69) is 91.9 Å². The van der Waals surface area contributed by atoms with Crippen molar-refractivity contribution in [2.24, 2.45) is 0 Å². The molecule has 1 N–H and O–H groups in total. The van der Waals surface area contributed by atoms with Crippen LogP contribution in [0.15, 0.2) is 84.9 Å². The number of unbranched alkanes of at least 4 members (excludes halogenated alkanes) is 3. The van der Waals surface area contributed by atoms with Gasteiger partial charge in [0.05, 0.1) is 0 Å². The predicted molar refractivity (Wildman–Crippen MR) is 170 cm³/mol. The van der Waals surface area contributed by atoms with Gasteiger partial charge in [-0.1, -0.05) is 124 Å². The first kappa shape index (κ1) is 43.8. The van der Waals surface area contributed by atoms with E-state index in [0.29, 0.717) is 0 Å². The highest BCUT2D eigenvalue weighted by atomic mass is 31.1. The van der Waals surface area contributed by atoms with Crippen LogP contribution in [0.25, 0.3) is 0 Å². The fraction of sp³-hybridized carbons (Fsp3) is 0.457. The second kappa shape index (κ2) is 17.4. The zero-order chi connectivity index (χ0) is 38.9. The summed E-state index contributed by atoms with van der Waals surface area (Å²) in [6.07, 6.45) is -1.46. The molecule has 2 nitrogen and oxygen atoms in total. The number of aryl methyl sites for hydroxylation is 1. The van der Waals surface area contributed by atoms with Gasteiger partial charge in [-0.05, 0) is 48.7 Å². The molecule has 0 fully saturated rings. The van der Waals surface area contributed by atoms with Crippen molar-refractivity contribution in [1.82, 2.24) is 0 Å². The summed E-state index contributed by atoms with van der Waals surface area (Å²) in [6.45, 7) is 3.47. The molecule has 0 bridgehead atoms. The number of hydrogen-bond donors (Lipinski definition) is 1. The molecular formula is C35H36F13O2P. The Bertz CT molecular complexity index is 1460. The molecule has 0 saturated carbocycles. The Balaban J connectivity index is 0.000000355. The van der Waals surface area contributed by atoms with Gasteiger partial charge < -0.3 is 5.11 Å². The summed E-state index contributed by atoms with van der Waals surface area (Å²) in [5, 5.41) is 12.0. The third-order valence-electron chi connectivity index (χ3n) is 7.76. The fourth-order valence-electron chi connectivity index (χ4n) is 4.69. The molecule has 3 aromatic rings. The van der Waals surface area contributed by atoms with Gasteiger partial charge in [-0.15, -0.1) is 0 Å². The lowest BCUT2D eigenvalue weighted by Crippen LogP contribution is -2.72. The van der Waals surface area contributed by atoms with E-state index < -0.39 is 68.4 Å². The molecule has 0 aromatic heterocycles. The number of carbonyl (C=O) groups is 1. The molecule has 0 amide bonds. The molecular weight excluding hydrogens is 730 g/mol. The van der Waals surface area contributed by atoms with E-state index >= 15 is 0 Å². The molecule has 0 saturated heterocycles. The van der Waals surface area contributed by atoms with Crippen LogP contribution < -0.4 is 15.9 Å². The molecule has 0 aliphatic heterocycles. The standard InChI is InChI=1S/C23H25P.C12H11F13O2/c1-2-3-6-11-20-16-18-23(19-17-20)24(21-12-7-4-8-13-21)22-14-9-5-10-15-22;1-2-3-4-5(13)7(14,15)9(18,19)11(22,23)12(24,25)10(20,21)8(16,17)6(26)27/h4-5,7-10,12-19H,2-3,6,11H2,1H3;5H,2-4H2,1H3,(H,26,27). The van der Waals surface area contributed by atoms with E-state index in [1.807, 2.05) is 0 Å². The zero-order valence-electron chi connectivity index (χ0n) is 27.3. The second-order valence-electron chi connectivity index (χ2n) is 11.5. The second-order valence-corrected chi connectivity index (χ2v) is 13.8. The van der Waals surface area contributed by atoms with Crippen molar-refractivity contribution in [3.63, 3.8) is 0 Å². The maximum atomic E-state index is 13.3. The minimum absolute atomic E-state index is 0.141. The number of aliphatic carboxylic acids is 1. The van der Waals surface area contributed by atoms with Crippen LogP contribution in [0.1, 0.15) is 57.9 Å². The number of benzene rings is 3. The summed E-state index contributed by atoms with van der Waals surface area (Å²) in [4.78, 5) is 9.91. The lowest BCUT2D eigenvalue weighted by Gasteiger charge is -2.41. The number of carboxylic acid groups (broad SMARTS) is 1. The first-order chi connectivity index (χ1) is 23.6. The molecule has 0 aliphatic carbocycles. The molecule has 0 spiro atoms. The first-order valence-electron chi connectivity index (χ1n) is 15.7. The van der Waals surface area contributed by atoms with Crippen LogP contribution in [0.2, 0.25) is 0 Å². The minimum Gasteiger partial charge on any atom is -0.477 e. The molecule has 0 aliphatic rings. The number of hydrogen-bond acceptors (Lipinski definition) is 1. The van der Waals surface area contributed by atoms with Crippen molar-refractivity contribution in [3.8, 4) is 0 Å². The molecule has 0 radical (unpaired) electrons. The summed E-state index contributed by atoms with van der Waals surface area (Å²) in [5.41, 5.74) is 1.46. The predicted octanol–water partition coefficient (Wildman–Crippen LogP) is 10.6. The molecule has 16 heteroatoms. The average Bonchev–Trinajstić information content (AvgIpc) is 3.08. The van der Waals surface area contributed by atoms with Gasteiger partial charge in [0.25, 0.3) is 0 Å². The minimum atomic E-state index is -8.01. The van der Waals surface area contributed by atoms with E-state index in [0.717, 1.165) is 0 Å². The topological polar surface area (TPSA) is 37.3 Å². The molecule has 1 atom stereocenters. The molecule has 284 valence electrons. The van der Waals surface area contributed by atoms with E-state index in [9.17, 15) is 61.9 Å². The van der Waals surface area contributed by atoms with Crippen molar-refractivity contribution in [2.75, 3.05) is 0 Å². The Morgan fingerprint density at radius 3 is 1.41 bits per heavy atom. The Morgan fingerprint density at radius 1 is 0.588 bits per heavy atom. The lowest BCUT2D eigenvalue weighted by molar-refractivity contribution is -0.425. The maximum Gasteiger partial charge on any atom is 0.410 e. The highest BCUT2D eigenvalue weighted by molar-refractivity contribution is 7.79. The number of halogens is 13. The van der Waals surface area contributed by atoms with Gasteiger partial charge >= 0.3 is 41.5 Å². The summed E-state index contributed by atoms with van der Waals surface area (Å²) >= 11 is 0. The number of carboxylic acids is 1. The fourth-order valence-corrected chi connectivity index (χ4v) is 6.97. The van der Waals surface area contributed by atoms with Gasteiger partial charge in [0.15, 0.2) is 6.17 Å². The summed E-state index contributed by atoms with van der Waals surface area (Å²) in [5.74, 6) is -49.2. The van der Waals surface area contributed by atoms with Crippen molar-refractivity contribution in [2.45, 2.75) is 101 Å². The van der Waals surface area contributed by atoms with Crippen LogP contribution in [-0.4, -0.2) is 52.8 Å². The summed E-state index contributed by atoms with van der Waals surface area (Å²) in [7, 11) is -0.474. The number of alkyl halides is 13. The molecule has 3 rings (SSSR count). The summed E-state index contributed by atoms with van der Waals surface area (Å²) < 4.78 is 171. The van der Waals surface area contributed by atoms with Crippen LogP contribution in [0.3, 0.4) is 0 Å². The molecule has 3 aromatic carbocycles. The van der Waals surface area contributed by atoms with Crippen LogP contribution in [-0.2, 0) is 11.2 Å². The van der Waals surface area contributed by atoms with Crippen molar-refractivity contribution in [1.29, 1.82) is 0 Å². The van der Waals surface area contributed by atoms with Crippen LogP contribution in [0, 0.1) is 0 Å². The number of rotatable bonds is 17. The van der Waals surface area contributed by atoms with Crippen LogP contribution in [0.5, 0.6) is 0 Å². The van der Waals surface area contributed by atoms with E-state index in [4.69, 9.17) is 5.11 Å². The smallest absolute Gasteiger partial charge is 0.410 e. The first-order valence-corrected chi connectivity index (χ1v) is 17.0. The Morgan fingerprint density at radius 2 is 1.00 bits per heavy atom. The monoisotopic (exact) mass is 766 g/mol. The van der Waals surface area contributed by atoms with Crippen LogP contribution in [0.4, 0.5) is 57.1 Å². The van der Waals surface area contributed by atoms with Gasteiger partial charge in [0.1, 0.15) is 0 Å². The average molecular weight is 767 g/mol. The van der Waals surface area contributed by atoms with Crippen molar-refractivity contribution < 1.29 is 67.0 Å². The SMILES string of the molecule is CCCCC(F)C(F)(F)C(F)(F)C(F)(F)C(F)(F)C(F)(F)C(F)(F)C(=O)O.CCCCCc1ccc(P(c2ccccc2)c2ccccc2)cc1. The van der Waals surface area contributed by atoms with E-state index in [1.54, 1.807) is 0 Å². The lowest BCUT2D eigenvalue weighted by atomic mass is 9.89. The van der Waals surface area contributed by atoms with Crippen molar-refractivity contribution in [3.05, 3.63) is 90.5 Å². The molecule has 1 unspecified atom stereocenters. The zero-order valence-corrected chi connectivity index (χ0v) is 28.2. The normalized spacial score (nSPS) is 13.8. The molecule has 0 heterocycles. The highest BCUT2D eigenvalue weighted by Crippen LogP contribution is 2.61. The Kier molecular flexibility index (Phi) is 15.0. The van der Waals surface area contributed by atoms with E-state index in [-0.39, 0.29) is 6.42 Å². The van der Waals surface area contributed by atoms with Crippen LogP contribution >= 0.6 is 7.92 Å². The van der Waals surface area contributed by atoms with Crippen molar-refractivity contribution >= 4 is 29.8 Å². The third-order valence-corrected chi connectivity index (χ3v) is 10.2. The largest absolute Gasteiger partial charge is 0.477 e. The van der Waals surface area contributed by atoms with Gasteiger partial charge in [-0.3, -0.25) is 0 Å².